The van der Waals surface area contributed by atoms with Crippen LogP contribution in [0.2, 0.25) is 0 Å². The summed E-state index contributed by atoms with van der Waals surface area (Å²) >= 11 is 0. The number of carbonyl (C=O) groups is 1. The Bertz CT molecular complexity index is 931. The first-order valence-corrected chi connectivity index (χ1v) is 26.8. The normalized spacial score (nSPS) is 13.6. The largest absolute Gasteiger partial charge is 0.394 e. The number of hydrogen-bond donors (Lipinski definition) is 4. The lowest BCUT2D eigenvalue weighted by atomic mass is 10.0. The third-order valence-electron chi connectivity index (χ3n) is 12.5. The van der Waals surface area contributed by atoms with Crippen LogP contribution in [0.5, 0.6) is 0 Å². The van der Waals surface area contributed by atoms with E-state index in [0.29, 0.717) is 6.42 Å². The van der Waals surface area contributed by atoms with E-state index in [2.05, 4.69) is 43.5 Å². The number of aliphatic hydroxyl groups is 3. The van der Waals surface area contributed by atoms with Gasteiger partial charge in [0.1, 0.15) is 6.10 Å². The maximum Gasteiger partial charge on any atom is 0.249 e. The van der Waals surface area contributed by atoms with Crippen LogP contribution in [-0.2, 0) is 4.79 Å². The monoisotopic (exact) mass is 844 g/mol. The highest BCUT2D eigenvalue weighted by molar-refractivity contribution is 5.80. The number of unbranched alkanes of at least 4 members (excludes halogenated alkanes) is 37. The van der Waals surface area contributed by atoms with Crippen molar-refractivity contribution in [2.45, 2.75) is 302 Å². The Morgan fingerprint density at radius 1 is 0.417 bits per heavy atom. The second-order valence-electron chi connectivity index (χ2n) is 18.4. The molecule has 4 N–H and O–H groups in total. The minimum absolute atomic E-state index is 0.362. The van der Waals surface area contributed by atoms with Crippen molar-refractivity contribution in [1.29, 1.82) is 0 Å². The van der Waals surface area contributed by atoms with Crippen molar-refractivity contribution in [3.63, 3.8) is 0 Å². The van der Waals surface area contributed by atoms with Crippen molar-refractivity contribution in [3.8, 4) is 0 Å². The summed E-state index contributed by atoms with van der Waals surface area (Å²) < 4.78 is 0. The molecule has 0 aliphatic carbocycles. The lowest BCUT2D eigenvalue weighted by molar-refractivity contribution is -0.131. The Balaban J connectivity index is 3.53. The van der Waals surface area contributed by atoms with E-state index < -0.39 is 24.2 Å². The van der Waals surface area contributed by atoms with Crippen LogP contribution in [0.3, 0.4) is 0 Å². The quantitative estimate of drug-likeness (QED) is 0.0363. The predicted octanol–water partition coefficient (Wildman–Crippen LogP) is 16.3. The lowest BCUT2D eigenvalue weighted by Crippen LogP contribution is -2.48. The van der Waals surface area contributed by atoms with Gasteiger partial charge in [-0.3, -0.25) is 4.79 Å². The first-order chi connectivity index (χ1) is 29.6. The van der Waals surface area contributed by atoms with E-state index in [9.17, 15) is 20.1 Å². The van der Waals surface area contributed by atoms with Crippen LogP contribution in [0.4, 0.5) is 0 Å². The van der Waals surface area contributed by atoms with E-state index in [0.717, 1.165) is 38.5 Å². The number of amides is 1. The maximum atomic E-state index is 12.5. The summed E-state index contributed by atoms with van der Waals surface area (Å²) in [5.41, 5.74) is 0. The molecule has 60 heavy (non-hydrogen) atoms. The summed E-state index contributed by atoms with van der Waals surface area (Å²) in [6.07, 6.45) is 65.0. The molecule has 0 aromatic heterocycles. The second kappa shape index (κ2) is 50.2. The molecular formula is C55H105NO4. The Hall–Kier alpha value is -1.43. The zero-order valence-electron chi connectivity index (χ0n) is 40.4. The van der Waals surface area contributed by atoms with Crippen molar-refractivity contribution in [1.82, 2.24) is 5.32 Å². The SMILES string of the molecule is CCCCCCCCCCC/C=C\C/C=C\CCCCCCCCCCCCCCCCCCC(O)C(=O)NC(CO)C(O)/C=C/CCCCCCCCCCCCCC. The van der Waals surface area contributed by atoms with Gasteiger partial charge in [0.25, 0.3) is 0 Å². The van der Waals surface area contributed by atoms with Gasteiger partial charge in [-0.15, -0.1) is 0 Å². The molecule has 3 atom stereocenters. The summed E-state index contributed by atoms with van der Waals surface area (Å²) in [6, 6.07) is -0.796. The minimum atomic E-state index is -1.10. The highest BCUT2D eigenvalue weighted by Gasteiger charge is 2.22. The van der Waals surface area contributed by atoms with Crippen molar-refractivity contribution in [2.24, 2.45) is 0 Å². The fourth-order valence-corrected chi connectivity index (χ4v) is 8.28. The average Bonchev–Trinajstić information content (AvgIpc) is 3.25. The molecule has 5 heteroatoms. The van der Waals surface area contributed by atoms with Gasteiger partial charge < -0.3 is 20.6 Å². The molecule has 0 saturated heterocycles. The van der Waals surface area contributed by atoms with Gasteiger partial charge in [-0.25, -0.2) is 0 Å². The second-order valence-corrected chi connectivity index (χ2v) is 18.4. The zero-order valence-corrected chi connectivity index (χ0v) is 40.4. The molecule has 0 aromatic carbocycles. The van der Waals surface area contributed by atoms with E-state index in [-0.39, 0.29) is 6.61 Å². The Morgan fingerprint density at radius 3 is 1.05 bits per heavy atom. The molecule has 0 spiro atoms. The summed E-state index contributed by atoms with van der Waals surface area (Å²) in [6.45, 7) is 4.19. The fraction of sp³-hybridized carbons (Fsp3) is 0.873. The predicted molar refractivity (Wildman–Crippen MR) is 264 cm³/mol. The molecule has 0 aliphatic heterocycles. The van der Waals surface area contributed by atoms with Crippen molar-refractivity contribution < 1.29 is 20.1 Å². The third-order valence-corrected chi connectivity index (χ3v) is 12.5. The molecule has 354 valence electrons. The molecule has 0 aromatic rings. The fourth-order valence-electron chi connectivity index (χ4n) is 8.28. The van der Waals surface area contributed by atoms with Gasteiger partial charge in [-0.2, -0.15) is 0 Å². The summed E-state index contributed by atoms with van der Waals surface area (Å²) in [5, 5.41) is 33.2. The molecule has 1 amide bonds. The lowest BCUT2D eigenvalue weighted by Gasteiger charge is -2.21. The molecule has 3 unspecified atom stereocenters. The molecule has 0 rings (SSSR count). The van der Waals surface area contributed by atoms with E-state index >= 15 is 0 Å². The van der Waals surface area contributed by atoms with Gasteiger partial charge in [0, 0.05) is 0 Å². The third kappa shape index (κ3) is 44.6. The number of nitrogens with one attached hydrogen (secondary N) is 1. The topological polar surface area (TPSA) is 89.8 Å². The van der Waals surface area contributed by atoms with Crippen LogP contribution in [0, 0.1) is 0 Å². The highest BCUT2D eigenvalue weighted by Crippen LogP contribution is 2.17. The molecule has 5 nitrogen and oxygen atoms in total. The van der Waals surface area contributed by atoms with Gasteiger partial charge in [0.05, 0.1) is 18.8 Å². The Morgan fingerprint density at radius 2 is 0.717 bits per heavy atom. The van der Waals surface area contributed by atoms with Gasteiger partial charge in [-0.1, -0.05) is 269 Å². The van der Waals surface area contributed by atoms with Gasteiger partial charge in [0.15, 0.2) is 0 Å². The van der Waals surface area contributed by atoms with E-state index in [4.69, 9.17) is 0 Å². The van der Waals surface area contributed by atoms with E-state index in [1.807, 2.05) is 6.08 Å². The first kappa shape index (κ1) is 58.6. The standard InChI is InChI=1S/C55H105NO4/c1-3-5-7-9-11-13-15-17-19-20-21-22-23-24-25-26-27-28-29-30-31-32-33-34-35-36-38-40-42-44-46-48-50-54(59)55(60)56-52(51-57)53(58)49-47-45-43-41-39-37-18-16-14-12-10-8-6-4-2/h21-22,24-25,47,49,52-54,57-59H,3-20,23,26-46,48,50-51H2,1-2H3,(H,56,60)/b22-21-,25-24-,49-47+. The molecule has 0 aliphatic rings. The van der Waals surface area contributed by atoms with Crippen LogP contribution in [0.15, 0.2) is 36.5 Å². The average molecular weight is 844 g/mol. The van der Waals surface area contributed by atoms with E-state index in [1.165, 1.54) is 225 Å². The van der Waals surface area contributed by atoms with Gasteiger partial charge in [-0.05, 0) is 51.4 Å². The number of aliphatic hydroxyl groups excluding tert-OH is 3. The molecular weight excluding hydrogens is 739 g/mol. The smallest absolute Gasteiger partial charge is 0.249 e. The van der Waals surface area contributed by atoms with Gasteiger partial charge in [0.2, 0.25) is 5.91 Å². The molecule has 0 saturated carbocycles. The number of carbonyl (C=O) groups excluding carboxylic acids is 1. The summed E-state index contributed by atoms with van der Waals surface area (Å²) in [5.74, 6) is -0.501. The Labute approximate surface area is 374 Å². The minimum Gasteiger partial charge on any atom is -0.394 e. The first-order valence-electron chi connectivity index (χ1n) is 26.8. The highest BCUT2D eigenvalue weighted by atomic mass is 16.3. The van der Waals surface area contributed by atoms with Crippen LogP contribution < -0.4 is 5.32 Å². The zero-order chi connectivity index (χ0) is 43.7. The van der Waals surface area contributed by atoms with Crippen molar-refractivity contribution in [3.05, 3.63) is 36.5 Å². The number of hydrogen-bond acceptors (Lipinski definition) is 4. The molecule has 0 fully saturated rings. The molecule has 0 bridgehead atoms. The van der Waals surface area contributed by atoms with Crippen molar-refractivity contribution >= 4 is 5.91 Å². The number of allylic oxidation sites excluding steroid dienone is 5. The van der Waals surface area contributed by atoms with Crippen LogP contribution in [-0.4, -0.2) is 46.1 Å². The maximum absolute atomic E-state index is 12.5. The molecule has 0 radical (unpaired) electrons. The Kier molecular flexibility index (Phi) is 49.0. The van der Waals surface area contributed by atoms with Crippen LogP contribution in [0.25, 0.3) is 0 Å². The van der Waals surface area contributed by atoms with E-state index in [1.54, 1.807) is 6.08 Å². The van der Waals surface area contributed by atoms with Gasteiger partial charge >= 0.3 is 0 Å². The summed E-state index contributed by atoms with van der Waals surface area (Å²) in [7, 11) is 0. The van der Waals surface area contributed by atoms with Crippen LogP contribution in [0.1, 0.15) is 284 Å². The van der Waals surface area contributed by atoms with Crippen molar-refractivity contribution in [2.75, 3.05) is 6.61 Å². The molecule has 0 heterocycles. The van der Waals surface area contributed by atoms with Crippen LogP contribution >= 0.6 is 0 Å². The number of rotatable bonds is 49. The summed E-state index contributed by atoms with van der Waals surface area (Å²) in [4.78, 5) is 12.5.